The minimum Gasteiger partial charge on any atom is -0.481 e. The predicted octanol–water partition coefficient (Wildman–Crippen LogP) is 3.04. The highest BCUT2D eigenvalue weighted by atomic mass is 16.4. The summed E-state index contributed by atoms with van der Waals surface area (Å²) in [6.45, 7) is 10.3. The molecule has 0 aliphatic carbocycles. The predicted molar refractivity (Wildman–Crippen MR) is 97.5 cm³/mol. The molecule has 0 aromatic heterocycles. The molecule has 0 unspecified atom stereocenters. The van der Waals surface area contributed by atoms with Crippen LogP contribution in [0.2, 0.25) is 0 Å². The van der Waals surface area contributed by atoms with Crippen LogP contribution in [0, 0.1) is 5.92 Å². The Bertz CT molecular complexity index is 524. The van der Waals surface area contributed by atoms with Gasteiger partial charge >= 0.3 is 5.97 Å². The fourth-order valence-corrected chi connectivity index (χ4v) is 2.33. The summed E-state index contributed by atoms with van der Waals surface area (Å²) < 4.78 is 0. The minimum atomic E-state index is -0.940. The van der Waals surface area contributed by atoms with Crippen molar-refractivity contribution in [1.29, 1.82) is 0 Å². The van der Waals surface area contributed by atoms with Crippen LogP contribution < -0.4 is 10.2 Å². The van der Waals surface area contributed by atoms with Crippen LogP contribution in [-0.2, 0) is 15.0 Å². The molecule has 1 aromatic carbocycles. The number of aliphatic carboxylic acids is 1. The lowest BCUT2D eigenvalue weighted by atomic mass is 9.85. The molecule has 134 valence electrons. The second-order valence-corrected chi connectivity index (χ2v) is 7.06. The van der Waals surface area contributed by atoms with E-state index in [4.69, 9.17) is 0 Å². The third kappa shape index (κ3) is 5.96. The van der Waals surface area contributed by atoms with Crippen LogP contribution in [0.15, 0.2) is 24.3 Å². The van der Waals surface area contributed by atoms with Gasteiger partial charge in [-0.15, -0.1) is 0 Å². The third-order valence-electron chi connectivity index (χ3n) is 4.23. The van der Waals surface area contributed by atoms with E-state index in [-0.39, 0.29) is 0 Å². The molecule has 0 bridgehead atoms. The first-order valence-electron chi connectivity index (χ1n) is 8.55. The molecule has 1 rings (SSSR count). The van der Waals surface area contributed by atoms with E-state index in [9.17, 15) is 14.7 Å². The molecule has 1 aromatic rings. The Morgan fingerprint density at radius 3 is 2.38 bits per heavy atom. The number of nitrogens with zero attached hydrogens (tertiary/aromatic N) is 1. The molecule has 0 aliphatic heterocycles. The number of carboxylic acids is 1. The first-order valence-corrected chi connectivity index (χ1v) is 8.55. The highest BCUT2D eigenvalue weighted by Gasteiger charge is 2.29. The molecule has 0 radical (unpaired) electrons. The number of anilines is 1. The van der Waals surface area contributed by atoms with Gasteiger partial charge in [-0.3, -0.25) is 9.59 Å². The zero-order chi connectivity index (χ0) is 18.2. The highest BCUT2D eigenvalue weighted by Crippen LogP contribution is 2.25. The summed E-state index contributed by atoms with van der Waals surface area (Å²) in [5, 5.41) is 12.6. The molecule has 0 atom stereocenters. The van der Waals surface area contributed by atoms with Crippen molar-refractivity contribution in [2.45, 2.75) is 46.0 Å². The summed E-state index contributed by atoms with van der Waals surface area (Å²) in [5.41, 5.74) is 0.572. The Kier molecular flexibility index (Phi) is 7.92. The van der Waals surface area contributed by atoms with Gasteiger partial charge in [0.05, 0.1) is 5.41 Å². The van der Waals surface area contributed by atoms with E-state index in [2.05, 4.69) is 19.2 Å². The maximum atomic E-state index is 11.3. The fourth-order valence-electron chi connectivity index (χ4n) is 2.33. The van der Waals surface area contributed by atoms with Gasteiger partial charge in [0.2, 0.25) is 6.41 Å². The van der Waals surface area contributed by atoms with Gasteiger partial charge in [0.25, 0.3) is 0 Å². The van der Waals surface area contributed by atoms with Crippen LogP contribution >= 0.6 is 0 Å². The molecular weight excluding hydrogens is 304 g/mol. The van der Waals surface area contributed by atoms with Crippen LogP contribution in [0.4, 0.5) is 5.69 Å². The van der Waals surface area contributed by atoms with Gasteiger partial charge in [-0.2, -0.15) is 0 Å². The largest absolute Gasteiger partial charge is 0.481 e. The van der Waals surface area contributed by atoms with Gasteiger partial charge in [0.15, 0.2) is 0 Å². The van der Waals surface area contributed by atoms with Crippen molar-refractivity contribution in [3.8, 4) is 0 Å². The number of carbonyl (C=O) groups excluding carboxylic acids is 1. The van der Waals surface area contributed by atoms with Gasteiger partial charge in [-0.05, 0) is 63.4 Å². The fraction of sp³-hybridized carbons (Fsp3) is 0.579. The Morgan fingerprint density at radius 2 is 1.88 bits per heavy atom. The maximum Gasteiger partial charge on any atom is 0.313 e. The van der Waals surface area contributed by atoms with Gasteiger partial charge < -0.3 is 15.3 Å². The molecule has 24 heavy (non-hydrogen) atoms. The van der Waals surface area contributed by atoms with Crippen molar-refractivity contribution in [3.63, 3.8) is 0 Å². The quantitative estimate of drug-likeness (QED) is 0.482. The van der Waals surface area contributed by atoms with Gasteiger partial charge in [-0.25, -0.2) is 0 Å². The van der Waals surface area contributed by atoms with E-state index in [1.54, 1.807) is 43.0 Å². The number of benzene rings is 1. The number of carboxylic acid groups (broad SMARTS) is 1. The Balaban J connectivity index is 2.54. The normalized spacial score (nSPS) is 11.5. The van der Waals surface area contributed by atoms with Crippen molar-refractivity contribution in [3.05, 3.63) is 29.8 Å². The van der Waals surface area contributed by atoms with Crippen molar-refractivity contribution in [2.75, 3.05) is 24.5 Å². The Labute approximate surface area is 145 Å². The smallest absolute Gasteiger partial charge is 0.313 e. The molecule has 5 heteroatoms. The molecular formula is C19H30N2O3. The molecule has 1 amide bonds. The molecule has 2 N–H and O–H groups in total. The van der Waals surface area contributed by atoms with Gasteiger partial charge in [0.1, 0.15) is 0 Å². The number of carbonyl (C=O) groups is 2. The summed E-state index contributed by atoms with van der Waals surface area (Å²) in [4.78, 5) is 24.3. The van der Waals surface area contributed by atoms with Crippen LogP contribution in [0.1, 0.15) is 46.1 Å². The summed E-state index contributed by atoms with van der Waals surface area (Å²) in [5.74, 6) is -0.174. The number of hydrogen-bond acceptors (Lipinski definition) is 3. The van der Waals surface area contributed by atoms with Crippen LogP contribution in [0.25, 0.3) is 0 Å². The lowest BCUT2D eigenvalue weighted by molar-refractivity contribution is -0.142. The summed E-state index contributed by atoms with van der Waals surface area (Å²) in [7, 11) is 0. The number of rotatable bonds is 11. The highest BCUT2D eigenvalue weighted by molar-refractivity contribution is 5.81. The van der Waals surface area contributed by atoms with Crippen molar-refractivity contribution in [1.82, 2.24) is 5.32 Å². The van der Waals surface area contributed by atoms with Crippen LogP contribution in [0.3, 0.4) is 0 Å². The first kappa shape index (κ1) is 20.2. The molecule has 0 fully saturated rings. The molecule has 5 nitrogen and oxygen atoms in total. The van der Waals surface area contributed by atoms with Crippen molar-refractivity contribution >= 4 is 18.1 Å². The lowest BCUT2D eigenvalue weighted by Crippen LogP contribution is -2.29. The molecule has 0 saturated heterocycles. The second kappa shape index (κ2) is 9.42. The molecule has 0 aliphatic rings. The van der Waals surface area contributed by atoms with Crippen molar-refractivity contribution < 1.29 is 14.7 Å². The van der Waals surface area contributed by atoms with E-state index in [1.807, 2.05) is 0 Å². The van der Waals surface area contributed by atoms with E-state index in [1.165, 1.54) is 0 Å². The zero-order valence-corrected chi connectivity index (χ0v) is 15.2. The number of nitrogens with one attached hydrogen (secondary N) is 1. The standard InChI is InChI=1S/C19H30N2O3/c1-15(2)10-12-20-11-5-13-21(14-22)17-8-6-16(7-9-17)19(3,4)18(23)24/h6-9,14-15,20H,5,10-13H2,1-4H3,(H,23,24). The minimum absolute atomic E-state index is 0.639. The summed E-state index contributed by atoms with van der Waals surface area (Å²) in [6.07, 6.45) is 2.85. The van der Waals surface area contributed by atoms with Gasteiger partial charge in [0, 0.05) is 12.2 Å². The second-order valence-electron chi connectivity index (χ2n) is 7.06. The summed E-state index contributed by atoms with van der Waals surface area (Å²) >= 11 is 0. The van der Waals surface area contributed by atoms with Crippen LogP contribution in [0.5, 0.6) is 0 Å². The van der Waals surface area contributed by atoms with E-state index in [0.717, 1.165) is 43.6 Å². The van der Waals surface area contributed by atoms with E-state index < -0.39 is 11.4 Å². The topological polar surface area (TPSA) is 69.6 Å². The average molecular weight is 334 g/mol. The first-order chi connectivity index (χ1) is 11.3. The average Bonchev–Trinajstić information content (AvgIpc) is 2.54. The Morgan fingerprint density at radius 1 is 1.25 bits per heavy atom. The van der Waals surface area contributed by atoms with E-state index >= 15 is 0 Å². The summed E-state index contributed by atoms with van der Waals surface area (Å²) in [6, 6.07) is 7.17. The zero-order valence-electron chi connectivity index (χ0n) is 15.2. The monoisotopic (exact) mass is 334 g/mol. The lowest BCUT2D eigenvalue weighted by Gasteiger charge is -2.22. The molecule has 0 saturated carbocycles. The molecule has 0 spiro atoms. The number of amides is 1. The third-order valence-corrected chi connectivity index (χ3v) is 4.23. The van der Waals surface area contributed by atoms with Gasteiger partial charge in [-0.1, -0.05) is 26.0 Å². The number of hydrogen-bond donors (Lipinski definition) is 2. The maximum absolute atomic E-state index is 11.3. The van der Waals surface area contributed by atoms with Crippen molar-refractivity contribution in [2.24, 2.45) is 5.92 Å². The van der Waals surface area contributed by atoms with E-state index in [0.29, 0.717) is 12.5 Å². The van der Waals surface area contributed by atoms with Crippen LogP contribution in [-0.4, -0.2) is 37.1 Å². The Hall–Kier alpha value is -1.88. The SMILES string of the molecule is CC(C)CCNCCCN(C=O)c1ccc(C(C)(C)C(=O)O)cc1. The molecule has 0 heterocycles.